The largest absolute Gasteiger partial charge is 0.490 e. The third-order valence-electron chi connectivity index (χ3n) is 5.16. The molecule has 0 aliphatic heterocycles. The van der Waals surface area contributed by atoms with E-state index in [1.807, 2.05) is 52.1 Å². The lowest BCUT2D eigenvalue weighted by molar-refractivity contribution is 0.0945. The van der Waals surface area contributed by atoms with Gasteiger partial charge in [-0.25, -0.2) is 9.50 Å². The highest BCUT2D eigenvalue weighted by atomic mass is 16.5. The van der Waals surface area contributed by atoms with Gasteiger partial charge in [0.05, 0.1) is 25.1 Å². The van der Waals surface area contributed by atoms with Crippen molar-refractivity contribution < 1.29 is 14.3 Å². The predicted octanol–water partition coefficient (Wildman–Crippen LogP) is 3.17. The SMILES string of the molecule is CCOc1ccc(CNC(=O)c2cc3nccc(-c4cnn(C)c4C)n3n2)cc1OCC. The summed E-state index contributed by atoms with van der Waals surface area (Å²) >= 11 is 0. The maximum Gasteiger partial charge on any atom is 0.272 e. The lowest BCUT2D eigenvalue weighted by Crippen LogP contribution is -2.23. The standard InChI is InChI=1S/C23H26N6O3/c1-5-31-20-8-7-16(11-21(20)32-6-2)13-25-23(30)18-12-22-24-10-9-19(29(22)27-18)17-14-26-28(4)15(17)3/h7-12,14H,5-6,13H2,1-4H3,(H,25,30). The fourth-order valence-electron chi connectivity index (χ4n) is 3.44. The van der Waals surface area contributed by atoms with Crippen molar-refractivity contribution in [3.05, 3.63) is 59.7 Å². The molecule has 4 rings (SSSR count). The van der Waals surface area contributed by atoms with Crippen LogP contribution >= 0.6 is 0 Å². The van der Waals surface area contributed by atoms with E-state index in [1.165, 1.54) is 0 Å². The van der Waals surface area contributed by atoms with Gasteiger partial charge in [-0.1, -0.05) is 6.07 Å². The number of nitrogens with one attached hydrogen (secondary N) is 1. The zero-order valence-corrected chi connectivity index (χ0v) is 18.6. The molecular formula is C23H26N6O3. The highest BCUT2D eigenvalue weighted by Gasteiger charge is 2.16. The van der Waals surface area contributed by atoms with Gasteiger partial charge in [-0.2, -0.15) is 10.2 Å². The van der Waals surface area contributed by atoms with Crippen molar-refractivity contribution >= 4 is 11.6 Å². The molecule has 166 valence electrons. The Labute approximate surface area is 186 Å². The summed E-state index contributed by atoms with van der Waals surface area (Å²) in [5.41, 5.74) is 4.55. The molecule has 0 bridgehead atoms. The minimum Gasteiger partial charge on any atom is -0.490 e. The number of fused-ring (bicyclic) bond motifs is 1. The first-order chi connectivity index (χ1) is 15.5. The van der Waals surface area contributed by atoms with Crippen LogP contribution in [0.2, 0.25) is 0 Å². The molecule has 0 aliphatic carbocycles. The van der Waals surface area contributed by atoms with Gasteiger partial charge >= 0.3 is 0 Å². The summed E-state index contributed by atoms with van der Waals surface area (Å²) in [4.78, 5) is 17.1. The molecule has 0 spiro atoms. The smallest absolute Gasteiger partial charge is 0.272 e. The summed E-state index contributed by atoms with van der Waals surface area (Å²) in [6.45, 7) is 7.25. The van der Waals surface area contributed by atoms with E-state index < -0.39 is 0 Å². The number of hydrogen-bond acceptors (Lipinski definition) is 6. The molecule has 1 aromatic carbocycles. The molecule has 0 radical (unpaired) electrons. The summed E-state index contributed by atoms with van der Waals surface area (Å²) in [5.74, 6) is 1.07. The second kappa shape index (κ2) is 9.09. The summed E-state index contributed by atoms with van der Waals surface area (Å²) < 4.78 is 14.7. The highest BCUT2D eigenvalue weighted by Crippen LogP contribution is 2.28. The normalized spacial score (nSPS) is 11.0. The molecule has 0 saturated heterocycles. The molecule has 0 fully saturated rings. The first-order valence-corrected chi connectivity index (χ1v) is 10.5. The average molecular weight is 435 g/mol. The summed E-state index contributed by atoms with van der Waals surface area (Å²) in [6.07, 6.45) is 3.49. The minimum absolute atomic E-state index is 0.281. The quantitative estimate of drug-likeness (QED) is 0.458. The predicted molar refractivity (Wildman–Crippen MR) is 120 cm³/mol. The molecular weight excluding hydrogens is 408 g/mol. The van der Waals surface area contributed by atoms with Crippen molar-refractivity contribution in [1.29, 1.82) is 0 Å². The molecule has 3 aromatic heterocycles. The van der Waals surface area contributed by atoms with Crippen LogP contribution in [0.3, 0.4) is 0 Å². The molecule has 32 heavy (non-hydrogen) atoms. The van der Waals surface area contributed by atoms with Crippen LogP contribution in [0.1, 0.15) is 35.6 Å². The van der Waals surface area contributed by atoms with E-state index in [0.29, 0.717) is 42.6 Å². The number of carbonyl (C=O) groups excluding carboxylic acids is 1. The van der Waals surface area contributed by atoms with Crippen molar-refractivity contribution in [2.45, 2.75) is 27.3 Å². The van der Waals surface area contributed by atoms with Gasteiger partial charge in [0.1, 0.15) is 0 Å². The van der Waals surface area contributed by atoms with Crippen molar-refractivity contribution in [1.82, 2.24) is 29.7 Å². The number of benzene rings is 1. The third-order valence-corrected chi connectivity index (χ3v) is 5.16. The number of ether oxygens (including phenoxy) is 2. The van der Waals surface area contributed by atoms with Gasteiger partial charge in [0, 0.05) is 37.1 Å². The molecule has 1 amide bonds. The monoisotopic (exact) mass is 434 g/mol. The first-order valence-electron chi connectivity index (χ1n) is 10.5. The summed E-state index contributed by atoms with van der Waals surface area (Å²) in [5, 5.41) is 11.7. The Balaban J connectivity index is 1.54. The number of carbonyl (C=O) groups is 1. The van der Waals surface area contributed by atoms with Crippen molar-refractivity contribution in [3.8, 4) is 22.8 Å². The van der Waals surface area contributed by atoms with Gasteiger partial charge in [-0.3, -0.25) is 9.48 Å². The first kappa shape index (κ1) is 21.4. The van der Waals surface area contributed by atoms with E-state index in [1.54, 1.807) is 27.7 Å². The Kier molecular flexibility index (Phi) is 6.07. The summed E-state index contributed by atoms with van der Waals surface area (Å²) in [7, 11) is 1.89. The van der Waals surface area contributed by atoms with Crippen molar-refractivity contribution in [2.75, 3.05) is 13.2 Å². The third kappa shape index (κ3) is 4.14. The zero-order valence-electron chi connectivity index (χ0n) is 18.6. The van der Waals surface area contributed by atoms with E-state index in [2.05, 4.69) is 20.5 Å². The Morgan fingerprint density at radius 2 is 1.88 bits per heavy atom. The van der Waals surface area contributed by atoms with Crippen LogP contribution in [0.25, 0.3) is 16.9 Å². The van der Waals surface area contributed by atoms with Crippen LogP contribution in [0.15, 0.2) is 42.7 Å². The Morgan fingerprint density at radius 1 is 1.09 bits per heavy atom. The molecule has 9 heteroatoms. The van der Waals surface area contributed by atoms with Crippen LogP contribution in [0.5, 0.6) is 11.5 Å². The number of rotatable bonds is 8. The van der Waals surface area contributed by atoms with E-state index in [-0.39, 0.29) is 5.91 Å². The Bertz CT molecular complexity index is 1260. The van der Waals surface area contributed by atoms with Gasteiger partial charge in [-0.15, -0.1) is 0 Å². The molecule has 3 heterocycles. The van der Waals surface area contributed by atoms with Crippen LogP contribution < -0.4 is 14.8 Å². The Morgan fingerprint density at radius 3 is 2.59 bits per heavy atom. The molecule has 0 saturated carbocycles. The van der Waals surface area contributed by atoms with Crippen LogP contribution in [0.4, 0.5) is 0 Å². The topological polar surface area (TPSA) is 95.6 Å². The number of amides is 1. The molecule has 9 nitrogen and oxygen atoms in total. The van der Waals surface area contributed by atoms with Gasteiger partial charge < -0.3 is 14.8 Å². The zero-order chi connectivity index (χ0) is 22.7. The molecule has 1 N–H and O–H groups in total. The van der Waals surface area contributed by atoms with Gasteiger partial charge in [-0.05, 0) is 44.5 Å². The minimum atomic E-state index is -0.281. The second-order valence-electron chi connectivity index (χ2n) is 7.23. The number of aryl methyl sites for hydroxylation is 1. The molecule has 0 atom stereocenters. The van der Waals surface area contributed by atoms with Crippen LogP contribution in [-0.2, 0) is 13.6 Å². The lowest BCUT2D eigenvalue weighted by atomic mass is 10.2. The molecule has 4 aromatic rings. The maximum absolute atomic E-state index is 12.8. The van der Waals surface area contributed by atoms with Gasteiger partial charge in [0.25, 0.3) is 5.91 Å². The van der Waals surface area contributed by atoms with E-state index >= 15 is 0 Å². The number of aromatic nitrogens is 5. The van der Waals surface area contributed by atoms with Crippen molar-refractivity contribution in [2.24, 2.45) is 7.05 Å². The lowest BCUT2D eigenvalue weighted by Gasteiger charge is -2.12. The van der Waals surface area contributed by atoms with E-state index in [0.717, 1.165) is 22.5 Å². The van der Waals surface area contributed by atoms with Crippen LogP contribution in [0, 0.1) is 6.92 Å². The second-order valence-corrected chi connectivity index (χ2v) is 7.23. The fraction of sp³-hybridized carbons (Fsp3) is 0.304. The average Bonchev–Trinajstić information content (AvgIpc) is 3.37. The molecule has 0 aliphatic rings. The highest BCUT2D eigenvalue weighted by molar-refractivity contribution is 5.93. The van der Waals surface area contributed by atoms with E-state index in [9.17, 15) is 4.79 Å². The van der Waals surface area contributed by atoms with Gasteiger partial charge in [0.15, 0.2) is 22.8 Å². The number of nitrogens with zero attached hydrogens (tertiary/aromatic N) is 5. The van der Waals surface area contributed by atoms with Crippen LogP contribution in [-0.4, -0.2) is 43.5 Å². The number of hydrogen-bond donors (Lipinski definition) is 1. The maximum atomic E-state index is 12.8. The van der Waals surface area contributed by atoms with Crippen molar-refractivity contribution in [3.63, 3.8) is 0 Å². The van der Waals surface area contributed by atoms with E-state index in [4.69, 9.17) is 9.47 Å². The van der Waals surface area contributed by atoms with Gasteiger partial charge in [0.2, 0.25) is 0 Å². The molecule has 0 unspecified atom stereocenters. The summed E-state index contributed by atoms with van der Waals surface area (Å²) in [6, 6.07) is 9.17. The Hall–Kier alpha value is -3.88. The fourth-order valence-corrected chi connectivity index (χ4v) is 3.44.